The van der Waals surface area contributed by atoms with Crippen LogP contribution in [0.15, 0.2) is 40.9 Å². The number of rotatable bonds is 6. The molecule has 1 aromatic heterocycles. The maximum atomic E-state index is 14.0. The third-order valence-electron chi connectivity index (χ3n) is 3.32. The number of pyridine rings is 1. The molecule has 0 N–H and O–H groups in total. The van der Waals surface area contributed by atoms with Crippen LogP contribution < -0.4 is 4.74 Å². The van der Waals surface area contributed by atoms with Gasteiger partial charge < -0.3 is 9.29 Å². The van der Waals surface area contributed by atoms with E-state index >= 15 is 0 Å². The molecule has 0 fully saturated rings. The van der Waals surface area contributed by atoms with Crippen molar-refractivity contribution in [3.05, 3.63) is 58.6 Å². The lowest BCUT2D eigenvalue weighted by molar-refractivity contribution is -0.253. The highest BCUT2D eigenvalue weighted by atomic mass is 35.5. The maximum Gasteiger partial charge on any atom is 0.461 e. The first-order valence-corrected chi connectivity index (χ1v) is 9.56. The topological polar surface area (TPSA) is 57.5 Å². The average Bonchev–Trinajstić information content (AvgIpc) is 2.58. The van der Waals surface area contributed by atoms with Crippen molar-refractivity contribution in [3.63, 3.8) is 0 Å². The molecule has 0 amide bonds. The van der Waals surface area contributed by atoms with E-state index in [9.17, 15) is 26.5 Å². The first kappa shape index (κ1) is 23.4. The van der Waals surface area contributed by atoms with Crippen molar-refractivity contribution in [2.75, 3.05) is 0 Å². The van der Waals surface area contributed by atoms with Crippen molar-refractivity contribution in [3.8, 4) is 5.75 Å². The van der Waals surface area contributed by atoms with Gasteiger partial charge in [-0.25, -0.2) is 4.39 Å². The predicted molar refractivity (Wildman–Crippen MR) is 101 cm³/mol. The molecule has 0 aliphatic carbocycles. The molecule has 11 heteroatoms. The summed E-state index contributed by atoms with van der Waals surface area (Å²) in [5.74, 6) is -1.90. The lowest BCUT2D eigenvalue weighted by Crippen LogP contribution is -2.33. The van der Waals surface area contributed by atoms with E-state index in [0.717, 1.165) is 12.1 Å². The Bertz CT molecular complexity index is 889. The fourth-order valence-corrected chi connectivity index (χ4v) is 2.69. The first-order chi connectivity index (χ1) is 13.3. The third kappa shape index (κ3) is 6.28. The maximum absolute atomic E-state index is 14.0. The van der Waals surface area contributed by atoms with Gasteiger partial charge in [0.2, 0.25) is 0 Å². The molecule has 0 bridgehead atoms. The van der Waals surface area contributed by atoms with Gasteiger partial charge in [-0.15, -0.1) is 0 Å². The van der Waals surface area contributed by atoms with Gasteiger partial charge in [-0.05, 0) is 45.0 Å². The summed E-state index contributed by atoms with van der Waals surface area (Å²) in [6, 6.07) is 5.16. The van der Waals surface area contributed by atoms with Gasteiger partial charge in [0.05, 0.1) is 10.7 Å². The lowest BCUT2D eigenvalue weighted by Gasteiger charge is -2.20. The zero-order valence-corrected chi connectivity index (χ0v) is 17.0. The quantitative estimate of drug-likeness (QED) is 0.333. The van der Waals surface area contributed by atoms with Gasteiger partial charge in [0, 0.05) is 17.8 Å². The van der Waals surface area contributed by atoms with E-state index in [-0.39, 0.29) is 22.0 Å². The predicted octanol–water partition coefficient (Wildman–Crippen LogP) is 5.41. The highest BCUT2D eigenvalue weighted by molar-refractivity contribution is 7.91. The van der Waals surface area contributed by atoms with Crippen molar-refractivity contribution in [1.29, 1.82) is 0 Å². The van der Waals surface area contributed by atoms with E-state index in [2.05, 4.69) is 14.1 Å². The number of nitrogens with zero attached hydrogens (tertiary/aromatic N) is 2. The van der Waals surface area contributed by atoms with Gasteiger partial charge in [0.25, 0.3) is 0 Å². The Balaban J connectivity index is 2.59. The van der Waals surface area contributed by atoms with Crippen LogP contribution in [0.3, 0.4) is 0 Å². The van der Waals surface area contributed by atoms with Crippen LogP contribution >= 0.6 is 11.6 Å². The lowest BCUT2D eigenvalue weighted by atomic mass is 10.1. The number of aromatic nitrogens is 1. The fourth-order valence-electron chi connectivity index (χ4n) is 1.94. The molecule has 2 rings (SSSR count). The molecule has 158 valence electrons. The van der Waals surface area contributed by atoms with Gasteiger partial charge >= 0.3 is 12.5 Å². The van der Waals surface area contributed by atoms with Gasteiger partial charge in [-0.3, -0.25) is 4.98 Å². The second-order valence-corrected chi connectivity index (χ2v) is 9.15. The summed E-state index contributed by atoms with van der Waals surface area (Å²) in [5.41, 5.74) is -0.138. The van der Waals surface area contributed by atoms with Crippen LogP contribution in [0.4, 0.5) is 22.0 Å². The number of hydrogen-bond donors (Lipinski definition) is 0. The molecule has 0 saturated heterocycles. The van der Waals surface area contributed by atoms with Crippen LogP contribution in [0.5, 0.6) is 5.75 Å². The van der Waals surface area contributed by atoms with E-state index in [1.54, 1.807) is 20.8 Å². The van der Waals surface area contributed by atoms with Crippen LogP contribution in [0.1, 0.15) is 32.0 Å². The molecule has 0 unspecified atom stereocenters. The summed E-state index contributed by atoms with van der Waals surface area (Å²) in [7, 11) is 0. The third-order valence-corrected chi connectivity index (χ3v) is 4.94. The Morgan fingerprint density at radius 1 is 1.21 bits per heavy atom. The second-order valence-electron chi connectivity index (χ2n) is 6.80. The molecule has 29 heavy (non-hydrogen) atoms. The van der Waals surface area contributed by atoms with Crippen LogP contribution in [0, 0.1) is 5.82 Å². The zero-order valence-electron chi connectivity index (χ0n) is 15.4. The molecule has 1 atom stereocenters. The van der Waals surface area contributed by atoms with Crippen molar-refractivity contribution < 1.29 is 31.2 Å². The molecule has 0 aliphatic heterocycles. The molecule has 0 radical (unpaired) electrons. The monoisotopic (exact) mass is 454 g/mol. The summed E-state index contributed by atoms with van der Waals surface area (Å²) in [6.45, 7) is 4.93. The summed E-state index contributed by atoms with van der Waals surface area (Å²) < 4.78 is 85.0. The minimum atomic E-state index is -4.82. The Morgan fingerprint density at radius 3 is 2.38 bits per heavy atom. The molecule has 0 aliphatic rings. The minimum Gasteiger partial charge on any atom is -0.591 e. The number of benzene rings is 1. The zero-order chi connectivity index (χ0) is 22.0. The van der Waals surface area contributed by atoms with E-state index in [4.69, 9.17) is 11.6 Å². The largest absolute Gasteiger partial charge is 0.591 e. The second kappa shape index (κ2) is 8.85. The van der Waals surface area contributed by atoms with Crippen LogP contribution in [-0.4, -0.2) is 32.5 Å². The summed E-state index contributed by atoms with van der Waals surface area (Å²) >= 11 is 3.97. The Labute approximate surface area is 172 Å². The Hall–Kier alpha value is -1.91. The normalized spacial score (nSPS) is 14.2. The van der Waals surface area contributed by atoms with Crippen molar-refractivity contribution >= 4 is 28.7 Å². The highest BCUT2D eigenvalue weighted by Gasteiger charge is 2.44. The SMILES string of the molecule is CC(C)(C)[S@+]([O-])/N=C(/c1cc(F)cc(OC(F)(F)C(F)F)c1)c1ccc(Cl)cn1. The highest BCUT2D eigenvalue weighted by Crippen LogP contribution is 2.30. The average molecular weight is 455 g/mol. The number of alkyl halides is 4. The number of hydrogen-bond acceptors (Lipinski definition) is 4. The molecule has 0 saturated carbocycles. The van der Waals surface area contributed by atoms with E-state index in [0.29, 0.717) is 6.07 Å². The molecule has 0 spiro atoms. The van der Waals surface area contributed by atoms with E-state index in [1.165, 1.54) is 18.3 Å². The molecule has 2 aromatic rings. The molecular weight excluding hydrogens is 439 g/mol. The Kier molecular flexibility index (Phi) is 7.13. The Morgan fingerprint density at radius 2 is 1.86 bits per heavy atom. The van der Waals surface area contributed by atoms with Gasteiger partial charge in [0.1, 0.15) is 33.4 Å². The molecule has 1 heterocycles. The summed E-state index contributed by atoms with van der Waals surface area (Å²) in [4.78, 5) is 4.02. The first-order valence-electron chi connectivity index (χ1n) is 8.08. The fraction of sp³-hybridized carbons (Fsp3) is 0.333. The van der Waals surface area contributed by atoms with E-state index < -0.39 is 40.2 Å². The van der Waals surface area contributed by atoms with Crippen molar-refractivity contribution in [2.24, 2.45) is 4.40 Å². The molecule has 4 nitrogen and oxygen atoms in total. The summed E-state index contributed by atoms with van der Waals surface area (Å²) in [5, 5.41) is 0.282. The smallest absolute Gasteiger partial charge is 0.461 e. The van der Waals surface area contributed by atoms with Gasteiger partial charge in [0.15, 0.2) is 0 Å². The van der Waals surface area contributed by atoms with Crippen LogP contribution in [0.25, 0.3) is 0 Å². The number of ether oxygens (including phenoxy) is 1. The molecule has 1 aromatic carbocycles. The van der Waals surface area contributed by atoms with Gasteiger partial charge in [-0.1, -0.05) is 16.0 Å². The van der Waals surface area contributed by atoms with Gasteiger partial charge in [-0.2, -0.15) is 17.6 Å². The number of halogens is 6. The van der Waals surface area contributed by atoms with E-state index in [1.807, 2.05) is 0 Å². The van der Waals surface area contributed by atoms with Crippen LogP contribution in [0.2, 0.25) is 5.02 Å². The standard InChI is InChI=1S/C18H16ClF5N2O2S/c1-17(2,3)29(27)26-15(14-5-4-11(19)9-25-14)10-6-12(20)8-13(7-10)28-18(23,24)16(21)22/h4-9,16H,1-3H3/b26-15-/t29-/m0/s1. The molecular formula is C18H16ClF5N2O2S. The summed E-state index contributed by atoms with van der Waals surface area (Å²) in [6.07, 6.45) is -7.68. The minimum absolute atomic E-state index is 0.111. The van der Waals surface area contributed by atoms with Crippen LogP contribution in [-0.2, 0) is 11.4 Å². The van der Waals surface area contributed by atoms with Crippen molar-refractivity contribution in [2.45, 2.75) is 38.1 Å². The van der Waals surface area contributed by atoms with Crippen molar-refractivity contribution in [1.82, 2.24) is 4.98 Å².